The van der Waals surface area contributed by atoms with Crippen molar-refractivity contribution in [3.63, 3.8) is 0 Å². The summed E-state index contributed by atoms with van der Waals surface area (Å²) in [6, 6.07) is 6.36. The van der Waals surface area contributed by atoms with E-state index in [1.54, 1.807) is 18.2 Å². The van der Waals surface area contributed by atoms with Gasteiger partial charge in [0, 0.05) is 11.5 Å². The molecule has 82 valence electrons. The van der Waals surface area contributed by atoms with Gasteiger partial charge in [0.25, 0.3) is 5.91 Å². The van der Waals surface area contributed by atoms with E-state index in [2.05, 4.69) is 0 Å². The predicted molar refractivity (Wildman–Crippen MR) is 57.6 cm³/mol. The van der Waals surface area contributed by atoms with E-state index in [-0.39, 0.29) is 5.56 Å². The first kappa shape index (κ1) is 10.2. The van der Waals surface area contributed by atoms with Crippen LogP contribution < -0.4 is 16.1 Å². The maximum absolute atomic E-state index is 11.4. The molecule has 0 saturated heterocycles. The minimum Gasteiger partial charge on any atom is -0.497 e. The number of hydrogen-bond donors (Lipinski definition) is 1. The van der Waals surface area contributed by atoms with Crippen molar-refractivity contribution in [1.82, 2.24) is 0 Å². The lowest BCUT2D eigenvalue weighted by molar-refractivity contribution is 0.0997. The number of nitrogens with two attached hydrogens (primary N) is 1. The SMILES string of the molecule is COc1ccc2cc(C(N)=O)c(=O)oc2c1. The van der Waals surface area contributed by atoms with Crippen LogP contribution >= 0.6 is 0 Å². The lowest BCUT2D eigenvalue weighted by atomic mass is 10.2. The Balaban J connectivity index is 2.74. The molecule has 0 atom stereocenters. The van der Waals surface area contributed by atoms with Crippen LogP contribution in [0.3, 0.4) is 0 Å². The van der Waals surface area contributed by atoms with Crippen LogP contribution in [-0.2, 0) is 0 Å². The van der Waals surface area contributed by atoms with Crippen molar-refractivity contribution in [2.24, 2.45) is 5.73 Å². The molecule has 2 aromatic rings. The van der Waals surface area contributed by atoms with E-state index in [1.165, 1.54) is 13.2 Å². The van der Waals surface area contributed by atoms with E-state index in [0.717, 1.165) is 0 Å². The molecule has 16 heavy (non-hydrogen) atoms. The van der Waals surface area contributed by atoms with Crippen LogP contribution in [0.5, 0.6) is 5.75 Å². The largest absolute Gasteiger partial charge is 0.497 e. The first-order chi connectivity index (χ1) is 7.61. The zero-order valence-corrected chi connectivity index (χ0v) is 8.52. The quantitative estimate of drug-likeness (QED) is 0.760. The molecule has 0 bridgehead atoms. The molecule has 0 aliphatic rings. The summed E-state index contributed by atoms with van der Waals surface area (Å²) in [5.41, 5.74) is 4.50. The summed E-state index contributed by atoms with van der Waals surface area (Å²) >= 11 is 0. The van der Waals surface area contributed by atoms with Gasteiger partial charge in [-0.25, -0.2) is 4.79 Å². The molecule has 1 aromatic carbocycles. The highest BCUT2D eigenvalue weighted by Crippen LogP contribution is 2.19. The molecule has 5 nitrogen and oxygen atoms in total. The molecule has 0 radical (unpaired) electrons. The smallest absolute Gasteiger partial charge is 0.349 e. The minimum atomic E-state index is -0.800. The van der Waals surface area contributed by atoms with Gasteiger partial charge in [0.15, 0.2) is 0 Å². The molecule has 5 heteroatoms. The Morgan fingerprint density at radius 1 is 1.38 bits per heavy atom. The normalized spacial score (nSPS) is 10.3. The van der Waals surface area contributed by atoms with Gasteiger partial charge in [-0.15, -0.1) is 0 Å². The predicted octanol–water partition coefficient (Wildman–Crippen LogP) is 0.901. The third kappa shape index (κ3) is 1.63. The zero-order valence-electron chi connectivity index (χ0n) is 8.52. The fourth-order valence-electron chi connectivity index (χ4n) is 1.39. The van der Waals surface area contributed by atoms with E-state index in [0.29, 0.717) is 16.7 Å². The maximum Gasteiger partial charge on any atom is 0.349 e. The Morgan fingerprint density at radius 3 is 2.75 bits per heavy atom. The standard InChI is InChI=1S/C11H9NO4/c1-15-7-3-2-6-4-8(10(12)13)11(14)16-9(6)5-7/h2-5H,1H3,(H2,12,13). The molecule has 0 aliphatic carbocycles. The second-order valence-corrected chi connectivity index (χ2v) is 3.22. The summed E-state index contributed by atoms with van der Waals surface area (Å²) in [4.78, 5) is 22.3. The summed E-state index contributed by atoms with van der Waals surface area (Å²) in [5.74, 6) is -0.228. The number of benzene rings is 1. The van der Waals surface area contributed by atoms with Gasteiger partial charge < -0.3 is 14.9 Å². The molecule has 0 unspecified atom stereocenters. The van der Waals surface area contributed by atoms with Gasteiger partial charge in [0.2, 0.25) is 0 Å². The van der Waals surface area contributed by atoms with Crippen LogP contribution in [0.1, 0.15) is 10.4 Å². The van der Waals surface area contributed by atoms with Gasteiger partial charge >= 0.3 is 5.63 Å². The molecule has 0 fully saturated rings. The third-order valence-corrected chi connectivity index (χ3v) is 2.21. The molecule has 0 spiro atoms. The van der Waals surface area contributed by atoms with Crippen LogP contribution in [0.25, 0.3) is 11.0 Å². The van der Waals surface area contributed by atoms with Crippen molar-refractivity contribution in [2.45, 2.75) is 0 Å². The molecule has 1 aromatic heterocycles. The van der Waals surface area contributed by atoms with Crippen molar-refractivity contribution in [3.8, 4) is 5.75 Å². The Labute approximate surface area is 90.4 Å². The molecule has 2 rings (SSSR count). The number of fused-ring (bicyclic) bond motifs is 1. The third-order valence-electron chi connectivity index (χ3n) is 2.21. The molecule has 1 heterocycles. The lowest BCUT2D eigenvalue weighted by Gasteiger charge is -2.02. The molecule has 1 amide bonds. The topological polar surface area (TPSA) is 82.5 Å². The zero-order chi connectivity index (χ0) is 11.7. The Kier molecular flexibility index (Phi) is 2.36. The van der Waals surface area contributed by atoms with E-state index < -0.39 is 11.5 Å². The van der Waals surface area contributed by atoms with Crippen LogP contribution in [0.2, 0.25) is 0 Å². The average Bonchev–Trinajstić information content (AvgIpc) is 2.27. The number of primary amides is 1. The molecule has 2 N–H and O–H groups in total. The minimum absolute atomic E-state index is 0.155. The highest BCUT2D eigenvalue weighted by atomic mass is 16.5. The highest BCUT2D eigenvalue weighted by Gasteiger charge is 2.10. The molecular weight excluding hydrogens is 210 g/mol. The van der Waals surface area contributed by atoms with E-state index in [1.807, 2.05) is 0 Å². The number of carbonyl (C=O) groups is 1. The van der Waals surface area contributed by atoms with E-state index >= 15 is 0 Å². The van der Waals surface area contributed by atoms with Crippen LogP contribution in [0.15, 0.2) is 33.5 Å². The summed E-state index contributed by atoms with van der Waals surface area (Å²) in [6.45, 7) is 0. The average molecular weight is 219 g/mol. The Morgan fingerprint density at radius 2 is 2.12 bits per heavy atom. The van der Waals surface area contributed by atoms with Gasteiger partial charge in [0.1, 0.15) is 16.9 Å². The highest BCUT2D eigenvalue weighted by molar-refractivity contribution is 5.95. The fourth-order valence-corrected chi connectivity index (χ4v) is 1.39. The maximum atomic E-state index is 11.4. The molecular formula is C11H9NO4. The number of hydrogen-bond acceptors (Lipinski definition) is 4. The van der Waals surface area contributed by atoms with Gasteiger partial charge in [-0.2, -0.15) is 0 Å². The number of methoxy groups -OCH3 is 1. The van der Waals surface area contributed by atoms with Crippen LogP contribution in [-0.4, -0.2) is 13.0 Å². The van der Waals surface area contributed by atoms with Crippen molar-refractivity contribution in [3.05, 3.63) is 40.2 Å². The summed E-state index contributed by atoms with van der Waals surface area (Å²) < 4.78 is 9.95. The van der Waals surface area contributed by atoms with Gasteiger partial charge in [-0.1, -0.05) is 0 Å². The molecule has 0 saturated carbocycles. The first-order valence-electron chi connectivity index (χ1n) is 4.53. The van der Waals surface area contributed by atoms with Crippen molar-refractivity contribution >= 4 is 16.9 Å². The van der Waals surface area contributed by atoms with Gasteiger partial charge in [-0.3, -0.25) is 4.79 Å². The van der Waals surface area contributed by atoms with Crippen LogP contribution in [0, 0.1) is 0 Å². The number of ether oxygens (including phenoxy) is 1. The number of rotatable bonds is 2. The first-order valence-corrected chi connectivity index (χ1v) is 4.53. The number of carbonyl (C=O) groups excluding carboxylic acids is 1. The molecule has 0 aliphatic heterocycles. The van der Waals surface area contributed by atoms with Crippen molar-refractivity contribution in [2.75, 3.05) is 7.11 Å². The second kappa shape index (κ2) is 3.69. The van der Waals surface area contributed by atoms with Gasteiger partial charge in [0.05, 0.1) is 7.11 Å². The number of amides is 1. The van der Waals surface area contributed by atoms with Crippen LogP contribution in [0.4, 0.5) is 0 Å². The second-order valence-electron chi connectivity index (χ2n) is 3.22. The monoisotopic (exact) mass is 219 g/mol. The Hall–Kier alpha value is -2.30. The summed E-state index contributed by atoms with van der Waals surface area (Å²) in [7, 11) is 1.51. The lowest BCUT2D eigenvalue weighted by Crippen LogP contribution is -2.20. The van der Waals surface area contributed by atoms with E-state index in [4.69, 9.17) is 14.9 Å². The summed E-state index contributed by atoms with van der Waals surface area (Å²) in [5, 5.41) is 0.620. The van der Waals surface area contributed by atoms with Gasteiger partial charge in [-0.05, 0) is 18.2 Å². The summed E-state index contributed by atoms with van der Waals surface area (Å²) in [6.07, 6.45) is 0. The van der Waals surface area contributed by atoms with E-state index in [9.17, 15) is 9.59 Å². The fraction of sp³-hybridized carbons (Fsp3) is 0.0909. The van der Waals surface area contributed by atoms with Crippen molar-refractivity contribution in [1.29, 1.82) is 0 Å². The Bertz CT molecular complexity index is 615. The van der Waals surface area contributed by atoms with Crippen molar-refractivity contribution < 1.29 is 13.9 Å².